The molecule has 0 bridgehead atoms. The molecule has 1 unspecified atom stereocenters. The van der Waals surface area contributed by atoms with Crippen molar-refractivity contribution in [2.24, 2.45) is 0 Å². The highest BCUT2D eigenvalue weighted by atomic mass is 32.1. The van der Waals surface area contributed by atoms with Crippen LogP contribution >= 0.6 is 11.3 Å². The van der Waals surface area contributed by atoms with E-state index >= 15 is 4.39 Å². The Labute approximate surface area is 269 Å². The molecule has 234 valence electrons. The highest BCUT2D eigenvalue weighted by Crippen LogP contribution is 2.52. The summed E-state index contributed by atoms with van der Waals surface area (Å²) < 4.78 is 50.6. The van der Waals surface area contributed by atoms with E-state index in [1.165, 1.54) is 23.8 Å². The number of ether oxygens (including phenoxy) is 1. The Hall–Kier alpha value is -2.62. The summed E-state index contributed by atoms with van der Waals surface area (Å²) in [7, 11) is -1.19. The van der Waals surface area contributed by atoms with E-state index in [0.717, 1.165) is 26.9 Å². The fourth-order valence-electron chi connectivity index (χ4n) is 6.49. The topological polar surface area (TPSA) is 51.1 Å². The van der Waals surface area contributed by atoms with Crippen molar-refractivity contribution < 1.29 is 27.7 Å². The van der Waals surface area contributed by atoms with Crippen molar-refractivity contribution in [1.82, 2.24) is 4.57 Å². The molecule has 1 aliphatic carbocycles. The predicted molar refractivity (Wildman–Crippen MR) is 178 cm³/mol. The summed E-state index contributed by atoms with van der Waals surface area (Å²) in [6, 6.07) is 16.1. The molecule has 4 aliphatic rings. The van der Waals surface area contributed by atoms with E-state index in [0.29, 0.717) is 16.8 Å². The third-order valence-electron chi connectivity index (χ3n) is 11.2. The molecular weight excluding hydrogens is 587 g/mol. The van der Waals surface area contributed by atoms with Gasteiger partial charge in [0.15, 0.2) is 0 Å². The summed E-state index contributed by atoms with van der Waals surface area (Å²) in [5.74, 6) is 0.113. The fourth-order valence-corrected chi connectivity index (χ4v) is 7.72. The number of rotatable bonds is 4. The molecule has 0 amide bonds. The van der Waals surface area contributed by atoms with Gasteiger partial charge in [-0.25, -0.2) is 4.39 Å². The molecule has 0 radical (unpaired) electrons. The maximum absolute atomic E-state index is 16.3. The van der Waals surface area contributed by atoms with E-state index in [1.807, 2.05) is 39.8 Å². The number of nitrogens with zero attached hydrogens (tertiary/aromatic N) is 1. The summed E-state index contributed by atoms with van der Waals surface area (Å²) in [5, 5.41) is 0.971. The van der Waals surface area contributed by atoms with Gasteiger partial charge in [-0.15, -0.1) is 11.3 Å². The zero-order valence-corrected chi connectivity index (χ0v) is 28.4. The van der Waals surface area contributed by atoms with Crippen molar-refractivity contribution in [3.05, 3.63) is 64.1 Å². The van der Waals surface area contributed by atoms with Gasteiger partial charge in [-0.05, 0) is 116 Å². The van der Waals surface area contributed by atoms with Gasteiger partial charge in [-0.1, -0.05) is 19.1 Å². The van der Waals surface area contributed by atoms with Gasteiger partial charge < -0.3 is 23.4 Å². The summed E-state index contributed by atoms with van der Waals surface area (Å²) in [6.45, 7) is 18.5. The van der Waals surface area contributed by atoms with Crippen LogP contribution in [0.25, 0.3) is 22.2 Å². The summed E-state index contributed by atoms with van der Waals surface area (Å²) in [4.78, 5) is 2.45. The van der Waals surface area contributed by atoms with Gasteiger partial charge in [0.1, 0.15) is 11.6 Å². The van der Waals surface area contributed by atoms with Gasteiger partial charge in [0.25, 0.3) is 0 Å². The van der Waals surface area contributed by atoms with Gasteiger partial charge >= 0.3 is 14.2 Å². The molecular formula is C35H40B2FNO5S. The predicted octanol–water partition coefficient (Wildman–Crippen LogP) is 7.10. The molecule has 8 rings (SSSR count). The second kappa shape index (κ2) is 9.26. The number of halogens is 1. The first-order chi connectivity index (χ1) is 21.0. The lowest BCUT2D eigenvalue weighted by Crippen LogP contribution is -2.41. The minimum atomic E-state index is -0.699. The number of aromatic nitrogens is 1. The third kappa shape index (κ3) is 4.43. The Morgan fingerprint density at radius 3 is 1.93 bits per heavy atom. The van der Waals surface area contributed by atoms with Crippen molar-refractivity contribution in [1.29, 1.82) is 0 Å². The van der Waals surface area contributed by atoms with Crippen molar-refractivity contribution in [2.45, 2.75) is 109 Å². The van der Waals surface area contributed by atoms with Crippen LogP contribution in [0.4, 0.5) is 4.39 Å². The van der Waals surface area contributed by atoms with Crippen LogP contribution < -0.4 is 15.7 Å². The monoisotopic (exact) mass is 627 g/mol. The maximum Gasteiger partial charge on any atom is 0.495 e. The first-order valence-corrected chi connectivity index (χ1v) is 16.8. The van der Waals surface area contributed by atoms with Crippen LogP contribution in [0, 0.1) is 5.82 Å². The summed E-state index contributed by atoms with van der Waals surface area (Å²) >= 11 is 1.79. The average Bonchev–Trinajstić information content (AvgIpc) is 3.25. The van der Waals surface area contributed by atoms with Crippen molar-refractivity contribution in [2.75, 3.05) is 0 Å². The van der Waals surface area contributed by atoms with Crippen LogP contribution in [0.5, 0.6) is 5.75 Å². The molecule has 3 fully saturated rings. The molecule has 0 spiro atoms. The van der Waals surface area contributed by atoms with Gasteiger partial charge in [-0.2, -0.15) is 0 Å². The molecule has 45 heavy (non-hydrogen) atoms. The smallest absolute Gasteiger partial charge is 0.464 e. The van der Waals surface area contributed by atoms with Crippen LogP contribution in [0.3, 0.4) is 0 Å². The molecule has 1 saturated carbocycles. The third-order valence-corrected chi connectivity index (χ3v) is 12.6. The number of hydrogen-bond acceptors (Lipinski definition) is 6. The van der Waals surface area contributed by atoms with Crippen molar-refractivity contribution >= 4 is 47.4 Å². The minimum absolute atomic E-state index is 0.241. The quantitative estimate of drug-likeness (QED) is 0.226. The maximum atomic E-state index is 16.3. The van der Waals surface area contributed by atoms with Crippen LogP contribution in [-0.4, -0.2) is 41.2 Å². The fraction of sp³-hybridized carbons (Fsp3) is 0.486. The van der Waals surface area contributed by atoms with Gasteiger partial charge in [0.2, 0.25) is 6.23 Å². The molecule has 3 aliphatic heterocycles. The zero-order valence-electron chi connectivity index (χ0n) is 27.5. The molecule has 2 aromatic heterocycles. The largest absolute Gasteiger partial charge is 0.495 e. The Kier molecular flexibility index (Phi) is 6.12. The molecule has 0 N–H and O–H groups in total. The van der Waals surface area contributed by atoms with E-state index in [4.69, 9.17) is 23.4 Å². The summed E-state index contributed by atoms with van der Waals surface area (Å²) in [5.41, 5.74) is 1.97. The van der Waals surface area contributed by atoms with Gasteiger partial charge in [-0.3, -0.25) is 4.57 Å². The number of hydrogen-bond donors (Lipinski definition) is 0. The zero-order chi connectivity index (χ0) is 31.9. The standard InChI is InChI=1S/C35H40B2FNO5S/c1-31(2)32(3,4)42-36(41-31)21-10-11-24-20(16-21)17-25-29-23(38)18-22(37-43-33(5,6)34(7,8)44-37)19-26(29)40-30(39(24)25)27-12-13-28(45-27)35(9)14-15-35/h10-13,16-19,30H,14-15H2,1-9H3. The number of fused-ring (bicyclic) bond motifs is 5. The van der Waals surface area contributed by atoms with E-state index in [1.54, 1.807) is 11.3 Å². The highest BCUT2D eigenvalue weighted by molar-refractivity contribution is 7.12. The van der Waals surface area contributed by atoms with E-state index < -0.39 is 42.9 Å². The normalized spacial score (nSPS) is 24.9. The van der Waals surface area contributed by atoms with E-state index in [9.17, 15) is 0 Å². The SMILES string of the molecule is CC1(c2ccc(C3Oc4cc(B5OC(C)(C)C(C)(C)O5)cc(F)c4-c4cc5cc(B6OC(C)(C)C(C)(C)O6)ccc5n43)s2)CC1. The summed E-state index contributed by atoms with van der Waals surface area (Å²) in [6.07, 6.45) is 1.94. The molecule has 2 saturated heterocycles. The second-order valence-corrected chi connectivity index (χ2v) is 16.6. The Morgan fingerprint density at radius 1 is 0.733 bits per heavy atom. The minimum Gasteiger partial charge on any atom is -0.464 e. The second-order valence-electron chi connectivity index (χ2n) is 15.5. The van der Waals surface area contributed by atoms with Crippen LogP contribution in [0.1, 0.15) is 91.1 Å². The molecule has 5 heterocycles. The van der Waals surface area contributed by atoms with Crippen LogP contribution in [-0.2, 0) is 24.0 Å². The van der Waals surface area contributed by atoms with Crippen LogP contribution in [0.2, 0.25) is 0 Å². The van der Waals surface area contributed by atoms with E-state index in [-0.39, 0.29) is 11.2 Å². The Bertz CT molecular complexity index is 1840. The van der Waals surface area contributed by atoms with Crippen molar-refractivity contribution in [3.63, 3.8) is 0 Å². The van der Waals surface area contributed by atoms with Crippen molar-refractivity contribution in [3.8, 4) is 17.0 Å². The lowest BCUT2D eigenvalue weighted by atomic mass is 9.78. The van der Waals surface area contributed by atoms with E-state index in [2.05, 4.69) is 69.5 Å². The van der Waals surface area contributed by atoms with Gasteiger partial charge in [0, 0.05) is 15.7 Å². The Balaban J connectivity index is 1.26. The molecule has 2 aromatic carbocycles. The highest BCUT2D eigenvalue weighted by Gasteiger charge is 2.53. The first kappa shape index (κ1) is 29.8. The molecule has 4 aromatic rings. The molecule has 1 atom stereocenters. The van der Waals surface area contributed by atoms with Crippen LogP contribution in [0.15, 0.2) is 48.5 Å². The lowest BCUT2D eigenvalue weighted by molar-refractivity contribution is 0.00578. The molecule has 6 nitrogen and oxygen atoms in total. The number of thiophene rings is 1. The average molecular weight is 627 g/mol. The van der Waals surface area contributed by atoms with Gasteiger partial charge in [0.05, 0.1) is 44.1 Å². The molecule has 10 heteroatoms. The number of benzene rings is 2. The lowest BCUT2D eigenvalue weighted by Gasteiger charge is -2.32. The Morgan fingerprint density at radius 2 is 1.33 bits per heavy atom. The first-order valence-electron chi connectivity index (χ1n) is 16.0.